The Morgan fingerprint density at radius 2 is 2.54 bits per heavy atom. The molecule has 0 saturated heterocycles. The van der Waals surface area contributed by atoms with Crippen molar-refractivity contribution in [1.29, 1.82) is 0 Å². The Labute approximate surface area is 85.2 Å². The largest absolute Gasteiger partial charge is 0.481 e. The molecule has 1 rings (SSSR count). The Bertz CT molecular complexity index is 298. The second-order valence-electron chi connectivity index (χ2n) is 2.81. The summed E-state index contributed by atoms with van der Waals surface area (Å²) in [5, 5.41) is 10.6. The predicted molar refractivity (Wildman–Crippen MR) is 54.4 cm³/mol. The summed E-state index contributed by atoms with van der Waals surface area (Å²) >= 11 is 3.07. The van der Waals surface area contributed by atoms with Gasteiger partial charge in [-0.25, -0.2) is 4.98 Å². The Balaban J connectivity index is 2.39. The van der Waals surface area contributed by atoms with Crippen molar-refractivity contribution in [2.45, 2.75) is 18.2 Å². The first kappa shape index (κ1) is 10.5. The summed E-state index contributed by atoms with van der Waals surface area (Å²) in [6.45, 7) is 3.64. The molecular formula is C8H11NO2S2. The predicted octanol–water partition coefficient (Wildman–Crippen LogP) is 2.26. The van der Waals surface area contributed by atoms with Gasteiger partial charge in [0, 0.05) is 16.8 Å². The lowest BCUT2D eigenvalue weighted by atomic mass is 10.2. The van der Waals surface area contributed by atoms with Crippen molar-refractivity contribution in [3.8, 4) is 0 Å². The number of carbonyl (C=O) groups is 1. The van der Waals surface area contributed by atoms with Crippen LogP contribution in [-0.4, -0.2) is 21.8 Å². The van der Waals surface area contributed by atoms with Gasteiger partial charge in [0.25, 0.3) is 0 Å². The number of aryl methyl sites for hydroxylation is 1. The average molecular weight is 217 g/mol. The van der Waals surface area contributed by atoms with E-state index >= 15 is 0 Å². The molecule has 0 aromatic carbocycles. The third-order valence-corrected chi connectivity index (χ3v) is 3.88. The number of aromatic nitrogens is 1. The van der Waals surface area contributed by atoms with Gasteiger partial charge in [0.05, 0.1) is 5.92 Å². The number of thiazole rings is 1. The summed E-state index contributed by atoms with van der Waals surface area (Å²) < 4.78 is 0.950. The second kappa shape index (κ2) is 4.62. The van der Waals surface area contributed by atoms with Crippen LogP contribution in [-0.2, 0) is 4.79 Å². The van der Waals surface area contributed by atoms with Crippen molar-refractivity contribution in [3.05, 3.63) is 11.1 Å². The summed E-state index contributed by atoms with van der Waals surface area (Å²) in [5.74, 6) is -0.475. The normalized spacial score (nSPS) is 12.8. The summed E-state index contributed by atoms with van der Waals surface area (Å²) in [6.07, 6.45) is 0. The van der Waals surface area contributed by atoms with E-state index < -0.39 is 5.97 Å². The van der Waals surface area contributed by atoms with E-state index in [0.717, 1.165) is 10.0 Å². The monoisotopic (exact) mass is 217 g/mol. The fraction of sp³-hybridized carbons (Fsp3) is 0.500. The molecule has 0 aliphatic heterocycles. The Morgan fingerprint density at radius 1 is 1.85 bits per heavy atom. The van der Waals surface area contributed by atoms with Crippen molar-refractivity contribution in [1.82, 2.24) is 4.98 Å². The molecule has 0 aliphatic rings. The Morgan fingerprint density at radius 3 is 3.00 bits per heavy atom. The zero-order chi connectivity index (χ0) is 9.84. The van der Waals surface area contributed by atoms with Crippen LogP contribution < -0.4 is 0 Å². The van der Waals surface area contributed by atoms with Crippen LogP contribution >= 0.6 is 23.1 Å². The van der Waals surface area contributed by atoms with Crippen LogP contribution in [0.4, 0.5) is 0 Å². The zero-order valence-corrected chi connectivity index (χ0v) is 9.11. The van der Waals surface area contributed by atoms with Crippen molar-refractivity contribution in [3.63, 3.8) is 0 Å². The van der Waals surface area contributed by atoms with Crippen molar-refractivity contribution in [2.75, 3.05) is 5.75 Å². The van der Waals surface area contributed by atoms with Gasteiger partial charge in [0.1, 0.15) is 4.34 Å². The summed E-state index contributed by atoms with van der Waals surface area (Å²) in [5.41, 5.74) is 0.996. The van der Waals surface area contributed by atoms with E-state index in [0.29, 0.717) is 5.75 Å². The van der Waals surface area contributed by atoms with E-state index in [2.05, 4.69) is 4.98 Å². The minimum atomic E-state index is -0.749. The topological polar surface area (TPSA) is 50.2 Å². The van der Waals surface area contributed by atoms with Gasteiger partial charge in [-0.1, -0.05) is 18.7 Å². The van der Waals surface area contributed by atoms with Crippen LogP contribution in [0.2, 0.25) is 0 Å². The number of rotatable bonds is 4. The standard InChI is InChI=1S/C8H11NO2S2/c1-5(7(10)11)3-12-8-9-6(2)4-13-8/h4-5H,3H2,1-2H3,(H,10,11). The molecule has 1 aromatic heterocycles. The van der Waals surface area contributed by atoms with Crippen LogP contribution in [0.25, 0.3) is 0 Å². The Hall–Kier alpha value is -0.550. The number of aliphatic carboxylic acids is 1. The Kier molecular flexibility index (Phi) is 3.74. The molecule has 1 aromatic rings. The van der Waals surface area contributed by atoms with Crippen LogP contribution in [0.1, 0.15) is 12.6 Å². The maximum atomic E-state index is 10.5. The summed E-state index contributed by atoms with van der Waals surface area (Å²) in [7, 11) is 0. The van der Waals surface area contributed by atoms with Crippen LogP contribution in [0.15, 0.2) is 9.72 Å². The second-order valence-corrected chi connectivity index (χ2v) is 4.93. The third kappa shape index (κ3) is 3.36. The lowest BCUT2D eigenvalue weighted by Crippen LogP contribution is -2.11. The summed E-state index contributed by atoms with van der Waals surface area (Å²) in [6, 6.07) is 0. The molecule has 13 heavy (non-hydrogen) atoms. The highest BCUT2D eigenvalue weighted by molar-refractivity contribution is 8.01. The highest BCUT2D eigenvalue weighted by atomic mass is 32.2. The highest BCUT2D eigenvalue weighted by Crippen LogP contribution is 2.24. The lowest BCUT2D eigenvalue weighted by Gasteiger charge is -2.02. The molecule has 0 bridgehead atoms. The molecule has 0 fully saturated rings. The summed E-state index contributed by atoms with van der Waals surface area (Å²) in [4.78, 5) is 14.7. The van der Waals surface area contributed by atoms with E-state index in [1.54, 1.807) is 18.3 Å². The zero-order valence-electron chi connectivity index (χ0n) is 7.48. The van der Waals surface area contributed by atoms with E-state index in [1.807, 2.05) is 12.3 Å². The van der Waals surface area contributed by atoms with Gasteiger partial charge in [-0.3, -0.25) is 4.79 Å². The van der Waals surface area contributed by atoms with Gasteiger partial charge >= 0.3 is 5.97 Å². The lowest BCUT2D eigenvalue weighted by molar-refractivity contribution is -0.140. The molecule has 1 atom stereocenters. The highest BCUT2D eigenvalue weighted by Gasteiger charge is 2.11. The van der Waals surface area contributed by atoms with Gasteiger partial charge in [0.2, 0.25) is 0 Å². The molecule has 1 N–H and O–H groups in total. The number of nitrogens with zero attached hydrogens (tertiary/aromatic N) is 1. The first-order valence-electron chi connectivity index (χ1n) is 3.87. The van der Waals surface area contributed by atoms with Crippen molar-refractivity contribution < 1.29 is 9.90 Å². The maximum absolute atomic E-state index is 10.5. The van der Waals surface area contributed by atoms with Gasteiger partial charge in [-0.05, 0) is 6.92 Å². The van der Waals surface area contributed by atoms with Crippen molar-refractivity contribution >= 4 is 29.1 Å². The van der Waals surface area contributed by atoms with Gasteiger partial charge < -0.3 is 5.11 Å². The molecule has 5 heteroatoms. The number of hydrogen-bond donors (Lipinski definition) is 1. The van der Waals surface area contributed by atoms with E-state index in [1.165, 1.54) is 11.8 Å². The molecule has 0 radical (unpaired) electrons. The average Bonchev–Trinajstić information content (AvgIpc) is 2.47. The first-order valence-corrected chi connectivity index (χ1v) is 5.74. The third-order valence-electron chi connectivity index (χ3n) is 1.48. The minimum absolute atomic E-state index is 0.311. The first-order chi connectivity index (χ1) is 6.09. The molecule has 1 unspecified atom stereocenters. The van der Waals surface area contributed by atoms with Gasteiger partial charge in [-0.2, -0.15) is 0 Å². The van der Waals surface area contributed by atoms with Gasteiger partial charge in [0.15, 0.2) is 0 Å². The van der Waals surface area contributed by atoms with Crippen LogP contribution in [0, 0.1) is 12.8 Å². The van der Waals surface area contributed by atoms with Crippen LogP contribution in [0.5, 0.6) is 0 Å². The number of hydrogen-bond acceptors (Lipinski definition) is 4. The van der Waals surface area contributed by atoms with Crippen LogP contribution in [0.3, 0.4) is 0 Å². The quantitative estimate of drug-likeness (QED) is 0.786. The smallest absolute Gasteiger partial charge is 0.307 e. The van der Waals surface area contributed by atoms with Gasteiger partial charge in [-0.15, -0.1) is 11.3 Å². The number of carboxylic acid groups (broad SMARTS) is 1. The fourth-order valence-electron chi connectivity index (χ4n) is 0.666. The maximum Gasteiger partial charge on any atom is 0.307 e. The molecular weight excluding hydrogens is 206 g/mol. The molecule has 1 heterocycles. The van der Waals surface area contributed by atoms with E-state index in [4.69, 9.17) is 5.11 Å². The molecule has 72 valence electrons. The van der Waals surface area contributed by atoms with E-state index in [9.17, 15) is 4.79 Å². The molecule has 0 aliphatic carbocycles. The molecule has 0 spiro atoms. The SMILES string of the molecule is Cc1csc(SCC(C)C(=O)O)n1. The van der Waals surface area contributed by atoms with Crippen molar-refractivity contribution in [2.24, 2.45) is 5.92 Å². The molecule has 0 saturated carbocycles. The molecule has 3 nitrogen and oxygen atoms in total. The number of carboxylic acids is 1. The fourth-order valence-corrected chi connectivity index (χ4v) is 2.55. The number of thioether (sulfide) groups is 1. The minimum Gasteiger partial charge on any atom is -0.481 e. The molecule has 0 amide bonds. The van der Waals surface area contributed by atoms with E-state index in [-0.39, 0.29) is 5.92 Å².